The normalized spacial score (nSPS) is 10.7. The zero-order valence-corrected chi connectivity index (χ0v) is 11.5. The molecule has 0 saturated carbocycles. The Morgan fingerprint density at radius 2 is 1.06 bits per heavy atom. The number of hydrogen-bond donors (Lipinski definition) is 2. The van der Waals surface area contributed by atoms with Crippen molar-refractivity contribution in [2.45, 2.75) is 13.8 Å². The molecule has 4 heteroatoms. The molecule has 2 aromatic rings. The average molecular weight is 283 g/mol. The van der Waals surface area contributed by atoms with Crippen LogP contribution in [0.5, 0.6) is 11.5 Å². The molecule has 18 heavy (non-hydrogen) atoms. The topological polar surface area (TPSA) is 40.5 Å². The fraction of sp³-hybridized carbons (Fsp3) is 0.143. The van der Waals surface area contributed by atoms with Crippen LogP contribution in [-0.4, -0.2) is 10.2 Å². The minimum Gasteiger partial charge on any atom is -0.506 e. The van der Waals surface area contributed by atoms with E-state index in [9.17, 15) is 10.2 Å². The van der Waals surface area contributed by atoms with Gasteiger partial charge in [-0.05, 0) is 37.1 Å². The van der Waals surface area contributed by atoms with Crippen molar-refractivity contribution in [1.29, 1.82) is 0 Å². The molecule has 0 heterocycles. The first-order valence-corrected chi connectivity index (χ1v) is 6.15. The lowest BCUT2D eigenvalue weighted by Crippen LogP contribution is -1.90. The molecule has 0 unspecified atom stereocenters. The molecule has 2 rings (SSSR count). The highest BCUT2D eigenvalue weighted by atomic mass is 35.5. The largest absolute Gasteiger partial charge is 0.506 e. The lowest BCUT2D eigenvalue weighted by atomic mass is 9.95. The summed E-state index contributed by atoms with van der Waals surface area (Å²) in [6, 6.07) is 6.81. The number of phenolic OH excluding ortho intramolecular Hbond substituents is 2. The van der Waals surface area contributed by atoms with E-state index >= 15 is 0 Å². The van der Waals surface area contributed by atoms with Crippen molar-refractivity contribution in [3.05, 3.63) is 45.4 Å². The first kappa shape index (κ1) is 13.1. The maximum Gasteiger partial charge on any atom is 0.142 e. The Bertz CT molecular complexity index is 566. The van der Waals surface area contributed by atoms with E-state index in [1.165, 1.54) is 0 Å². The zero-order chi connectivity index (χ0) is 13.4. The monoisotopic (exact) mass is 282 g/mol. The number of aryl methyl sites for hydroxylation is 2. The number of halogens is 2. The van der Waals surface area contributed by atoms with Gasteiger partial charge >= 0.3 is 0 Å². The predicted octanol–water partition coefficient (Wildman–Crippen LogP) is 4.69. The standard InChI is InChI=1S/C14H12Cl2O2/c1-7-3-5-9(15)13(17)11(7)12-8(2)4-6-10(16)14(12)18/h3-6,17-18H,1-2H3. The lowest BCUT2D eigenvalue weighted by molar-refractivity contribution is 0.469. The molecule has 2 N–H and O–H groups in total. The van der Waals surface area contributed by atoms with Crippen LogP contribution >= 0.6 is 23.2 Å². The molecular weight excluding hydrogens is 271 g/mol. The van der Waals surface area contributed by atoms with Crippen LogP contribution in [0.3, 0.4) is 0 Å². The summed E-state index contributed by atoms with van der Waals surface area (Å²) < 4.78 is 0. The highest BCUT2D eigenvalue weighted by Crippen LogP contribution is 2.45. The van der Waals surface area contributed by atoms with Crippen molar-refractivity contribution in [1.82, 2.24) is 0 Å². The zero-order valence-electron chi connectivity index (χ0n) is 9.96. The minimum absolute atomic E-state index is 0.0441. The SMILES string of the molecule is Cc1ccc(Cl)c(O)c1-c1c(C)ccc(Cl)c1O. The molecule has 0 amide bonds. The van der Waals surface area contributed by atoms with E-state index < -0.39 is 0 Å². The third-order valence-corrected chi connectivity index (χ3v) is 3.53. The second-order valence-electron chi connectivity index (χ2n) is 4.18. The van der Waals surface area contributed by atoms with Crippen LogP contribution in [0.4, 0.5) is 0 Å². The van der Waals surface area contributed by atoms with Crippen molar-refractivity contribution in [3.8, 4) is 22.6 Å². The molecule has 2 aromatic carbocycles. The van der Waals surface area contributed by atoms with Crippen LogP contribution < -0.4 is 0 Å². The van der Waals surface area contributed by atoms with Crippen LogP contribution in [-0.2, 0) is 0 Å². The summed E-state index contributed by atoms with van der Waals surface area (Å²) in [6.07, 6.45) is 0. The van der Waals surface area contributed by atoms with E-state index in [2.05, 4.69) is 0 Å². The first-order chi connectivity index (χ1) is 8.43. The van der Waals surface area contributed by atoms with Crippen molar-refractivity contribution in [3.63, 3.8) is 0 Å². The molecule has 0 aliphatic carbocycles. The quantitative estimate of drug-likeness (QED) is 0.797. The van der Waals surface area contributed by atoms with E-state index in [-0.39, 0.29) is 21.5 Å². The van der Waals surface area contributed by atoms with Crippen molar-refractivity contribution in [2.24, 2.45) is 0 Å². The Kier molecular flexibility index (Phi) is 3.42. The fourth-order valence-corrected chi connectivity index (χ4v) is 2.28. The minimum atomic E-state index is -0.0441. The molecule has 0 bridgehead atoms. The molecule has 0 aromatic heterocycles. The van der Waals surface area contributed by atoms with Crippen molar-refractivity contribution in [2.75, 3.05) is 0 Å². The van der Waals surface area contributed by atoms with Gasteiger partial charge in [-0.25, -0.2) is 0 Å². The van der Waals surface area contributed by atoms with E-state index in [1.54, 1.807) is 24.3 Å². The Balaban J connectivity index is 2.85. The number of rotatable bonds is 1. The van der Waals surface area contributed by atoms with E-state index in [0.29, 0.717) is 11.1 Å². The van der Waals surface area contributed by atoms with Gasteiger partial charge in [-0.2, -0.15) is 0 Å². The highest BCUT2D eigenvalue weighted by molar-refractivity contribution is 6.33. The third kappa shape index (κ3) is 2.02. The maximum absolute atomic E-state index is 10.1. The molecule has 0 atom stereocenters. The fourth-order valence-electron chi connectivity index (χ4n) is 1.96. The third-order valence-electron chi connectivity index (χ3n) is 2.92. The summed E-state index contributed by atoms with van der Waals surface area (Å²) in [5, 5.41) is 20.7. The Hall–Kier alpha value is -1.38. The summed E-state index contributed by atoms with van der Waals surface area (Å²) in [4.78, 5) is 0. The van der Waals surface area contributed by atoms with E-state index in [1.807, 2.05) is 13.8 Å². The van der Waals surface area contributed by atoms with Crippen LogP contribution in [0.15, 0.2) is 24.3 Å². The molecule has 0 aliphatic rings. The van der Waals surface area contributed by atoms with Crippen LogP contribution in [0.2, 0.25) is 10.0 Å². The van der Waals surface area contributed by atoms with Gasteiger partial charge in [0.25, 0.3) is 0 Å². The van der Waals surface area contributed by atoms with Crippen molar-refractivity contribution < 1.29 is 10.2 Å². The number of aromatic hydroxyl groups is 2. The number of hydrogen-bond acceptors (Lipinski definition) is 2. The summed E-state index contributed by atoms with van der Waals surface area (Å²) in [6.45, 7) is 3.68. The molecule has 0 fully saturated rings. The summed E-state index contributed by atoms with van der Waals surface area (Å²) in [7, 11) is 0. The second kappa shape index (κ2) is 4.71. The molecule has 0 aliphatic heterocycles. The Labute approximate surface area is 115 Å². The van der Waals surface area contributed by atoms with Crippen LogP contribution in [0, 0.1) is 13.8 Å². The Morgan fingerprint density at radius 1 is 0.722 bits per heavy atom. The first-order valence-electron chi connectivity index (χ1n) is 5.40. The summed E-state index contributed by atoms with van der Waals surface area (Å²) in [5.41, 5.74) is 2.66. The molecule has 0 radical (unpaired) electrons. The van der Waals surface area contributed by atoms with E-state index in [0.717, 1.165) is 11.1 Å². The van der Waals surface area contributed by atoms with Crippen LogP contribution in [0.1, 0.15) is 11.1 Å². The molecule has 94 valence electrons. The predicted molar refractivity (Wildman–Crippen MR) is 74.7 cm³/mol. The second-order valence-corrected chi connectivity index (χ2v) is 4.99. The number of benzene rings is 2. The van der Waals surface area contributed by atoms with Gasteiger partial charge in [-0.3, -0.25) is 0 Å². The van der Waals surface area contributed by atoms with Crippen molar-refractivity contribution >= 4 is 23.2 Å². The van der Waals surface area contributed by atoms with Gasteiger partial charge in [0.05, 0.1) is 10.0 Å². The smallest absolute Gasteiger partial charge is 0.142 e. The van der Waals surface area contributed by atoms with Gasteiger partial charge < -0.3 is 10.2 Å². The molecule has 2 nitrogen and oxygen atoms in total. The molecular formula is C14H12Cl2O2. The highest BCUT2D eigenvalue weighted by Gasteiger charge is 2.18. The van der Waals surface area contributed by atoms with E-state index in [4.69, 9.17) is 23.2 Å². The van der Waals surface area contributed by atoms with Gasteiger partial charge in [-0.1, -0.05) is 35.3 Å². The maximum atomic E-state index is 10.1. The van der Waals surface area contributed by atoms with Gasteiger partial charge in [0.2, 0.25) is 0 Å². The van der Waals surface area contributed by atoms with Gasteiger partial charge in [0.15, 0.2) is 0 Å². The Morgan fingerprint density at radius 3 is 1.39 bits per heavy atom. The van der Waals surface area contributed by atoms with Gasteiger partial charge in [-0.15, -0.1) is 0 Å². The number of phenols is 2. The summed E-state index contributed by atoms with van der Waals surface area (Å²) >= 11 is 11.8. The molecule has 0 saturated heterocycles. The van der Waals surface area contributed by atoms with Gasteiger partial charge in [0.1, 0.15) is 11.5 Å². The molecule has 0 spiro atoms. The van der Waals surface area contributed by atoms with Gasteiger partial charge in [0, 0.05) is 11.1 Å². The summed E-state index contributed by atoms with van der Waals surface area (Å²) in [5.74, 6) is -0.0883. The lowest BCUT2D eigenvalue weighted by Gasteiger charge is -2.15. The van der Waals surface area contributed by atoms with Crippen LogP contribution in [0.25, 0.3) is 11.1 Å². The average Bonchev–Trinajstić information content (AvgIpc) is 2.33.